The van der Waals surface area contributed by atoms with Crippen LogP contribution in [0.1, 0.15) is 26.4 Å². The van der Waals surface area contributed by atoms with Crippen LogP contribution in [0, 0.1) is 6.92 Å². The van der Waals surface area contributed by atoms with Gasteiger partial charge in [0.05, 0.1) is 11.8 Å². The van der Waals surface area contributed by atoms with Gasteiger partial charge in [0.15, 0.2) is 0 Å². The highest BCUT2D eigenvalue weighted by molar-refractivity contribution is 9.10. The van der Waals surface area contributed by atoms with Crippen LogP contribution in [0.15, 0.2) is 69.6 Å². The van der Waals surface area contributed by atoms with Gasteiger partial charge in [-0.2, -0.15) is 5.10 Å². The fourth-order valence-corrected chi connectivity index (χ4v) is 3.63. The minimum atomic E-state index is -0.312. The average Bonchev–Trinajstić information content (AvgIpc) is 2.99. The molecule has 6 heteroatoms. The third-order valence-electron chi connectivity index (χ3n) is 3.66. The van der Waals surface area contributed by atoms with Crippen LogP contribution in [0.2, 0.25) is 0 Å². The lowest BCUT2D eigenvalue weighted by Gasteiger charge is -2.10. The van der Waals surface area contributed by atoms with E-state index < -0.39 is 0 Å². The second-order valence-electron chi connectivity index (χ2n) is 5.53. The maximum absolute atomic E-state index is 12.4. The Labute approximate surface area is 164 Å². The highest BCUT2D eigenvalue weighted by Gasteiger charge is 2.11. The zero-order chi connectivity index (χ0) is 18.4. The minimum absolute atomic E-state index is 0.312. The summed E-state index contributed by atoms with van der Waals surface area (Å²) < 4.78 is 6.81. The van der Waals surface area contributed by atoms with Crippen molar-refractivity contribution in [3.05, 3.63) is 86.0 Å². The smallest absolute Gasteiger partial charge is 0.275 e. The van der Waals surface area contributed by atoms with Crippen LogP contribution in [0.25, 0.3) is 0 Å². The molecule has 0 bridgehead atoms. The van der Waals surface area contributed by atoms with Crippen LogP contribution in [-0.2, 0) is 6.61 Å². The van der Waals surface area contributed by atoms with E-state index in [2.05, 4.69) is 26.5 Å². The van der Waals surface area contributed by atoms with E-state index in [9.17, 15) is 4.79 Å². The number of ether oxygens (including phenoxy) is 1. The van der Waals surface area contributed by atoms with Crippen LogP contribution in [0.3, 0.4) is 0 Å². The second kappa shape index (κ2) is 8.78. The third kappa shape index (κ3) is 4.59. The monoisotopic (exact) mass is 428 g/mol. The zero-order valence-corrected chi connectivity index (χ0v) is 16.5. The Kier molecular flexibility index (Phi) is 6.20. The van der Waals surface area contributed by atoms with E-state index in [-0.39, 0.29) is 5.91 Å². The van der Waals surface area contributed by atoms with Crippen LogP contribution < -0.4 is 10.2 Å². The molecule has 0 saturated carbocycles. The number of halogens is 1. The topological polar surface area (TPSA) is 50.7 Å². The number of para-hydroxylation sites is 1. The second-order valence-corrected chi connectivity index (χ2v) is 7.41. The number of nitrogens with one attached hydrogen (secondary N) is 1. The summed E-state index contributed by atoms with van der Waals surface area (Å²) >= 11 is 5.13. The predicted molar refractivity (Wildman–Crippen MR) is 109 cm³/mol. The molecule has 1 N–H and O–H groups in total. The van der Waals surface area contributed by atoms with E-state index in [1.54, 1.807) is 35.8 Å². The number of hydrazone groups is 1. The number of thiophene rings is 1. The Balaban J connectivity index is 1.66. The van der Waals surface area contributed by atoms with Gasteiger partial charge in [-0.3, -0.25) is 4.79 Å². The summed E-state index contributed by atoms with van der Waals surface area (Å²) in [5.74, 6) is 0.213. The van der Waals surface area contributed by atoms with Gasteiger partial charge in [-0.15, -0.1) is 11.3 Å². The molecule has 4 nitrogen and oxygen atoms in total. The summed E-state index contributed by atoms with van der Waals surface area (Å²) in [6, 6.07) is 17.0. The van der Waals surface area contributed by atoms with E-state index in [1.807, 2.05) is 48.7 Å². The molecular weight excluding hydrogens is 412 g/mol. The molecule has 1 amide bonds. The first-order valence-corrected chi connectivity index (χ1v) is 9.65. The standard InChI is InChI=1S/C20H17BrN2O2S/c1-14-19(21)16(13-26-14)11-22-23-20(24)17-9-5-6-10-18(17)25-12-15-7-3-2-4-8-15/h2-11,13H,12H2,1H3,(H,23,24). The number of hydrogen-bond acceptors (Lipinski definition) is 4. The van der Waals surface area contributed by atoms with Crippen molar-refractivity contribution < 1.29 is 9.53 Å². The molecule has 0 spiro atoms. The first kappa shape index (κ1) is 18.4. The van der Waals surface area contributed by atoms with E-state index in [4.69, 9.17) is 4.74 Å². The summed E-state index contributed by atoms with van der Waals surface area (Å²) in [5, 5.41) is 6.03. The first-order valence-electron chi connectivity index (χ1n) is 7.98. The minimum Gasteiger partial charge on any atom is -0.488 e. The molecule has 3 rings (SSSR count). The van der Waals surface area contributed by atoms with E-state index in [0.29, 0.717) is 17.9 Å². The molecule has 2 aromatic carbocycles. The van der Waals surface area contributed by atoms with Gasteiger partial charge in [0, 0.05) is 20.3 Å². The summed E-state index contributed by atoms with van der Waals surface area (Å²) in [7, 11) is 0. The van der Waals surface area contributed by atoms with Crippen molar-refractivity contribution in [1.82, 2.24) is 5.43 Å². The molecule has 0 aliphatic carbocycles. The Hall–Kier alpha value is -2.44. The van der Waals surface area contributed by atoms with Gasteiger partial charge in [0.1, 0.15) is 12.4 Å². The molecule has 3 aromatic rings. The highest BCUT2D eigenvalue weighted by atomic mass is 79.9. The van der Waals surface area contributed by atoms with Gasteiger partial charge in [-0.1, -0.05) is 42.5 Å². The average molecular weight is 429 g/mol. The van der Waals surface area contributed by atoms with E-state index in [1.165, 1.54) is 0 Å². The lowest BCUT2D eigenvalue weighted by Crippen LogP contribution is -2.18. The van der Waals surface area contributed by atoms with Crippen molar-refractivity contribution >= 4 is 39.4 Å². The van der Waals surface area contributed by atoms with Gasteiger partial charge in [-0.25, -0.2) is 5.43 Å². The molecule has 132 valence electrons. The predicted octanol–water partition coefficient (Wildman–Crippen LogP) is 5.16. The number of nitrogens with zero attached hydrogens (tertiary/aromatic N) is 1. The lowest BCUT2D eigenvalue weighted by molar-refractivity contribution is 0.0950. The van der Waals surface area contributed by atoms with Crippen molar-refractivity contribution in [2.24, 2.45) is 5.10 Å². The molecule has 0 aliphatic heterocycles. The Morgan fingerprint density at radius 3 is 2.65 bits per heavy atom. The number of benzene rings is 2. The number of aryl methyl sites for hydroxylation is 1. The molecular formula is C20H17BrN2O2S. The SMILES string of the molecule is Cc1scc(C=NNC(=O)c2ccccc2OCc2ccccc2)c1Br. The molecule has 0 atom stereocenters. The van der Waals surface area contributed by atoms with Gasteiger partial charge >= 0.3 is 0 Å². The van der Waals surface area contributed by atoms with E-state index in [0.717, 1.165) is 20.5 Å². The fraction of sp³-hybridized carbons (Fsp3) is 0.100. The number of rotatable bonds is 6. The van der Waals surface area contributed by atoms with E-state index >= 15 is 0 Å². The third-order valence-corrected chi connectivity index (χ3v) is 5.91. The van der Waals surface area contributed by atoms with Crippen LogP contribution in [-0.4, -0.2) is 12.1 Å². The largest absolute Gasteiger partial charge is 0.488 e. The number of hydrogen-bond donors (Lipinski definition) is 1. The molecule has 0 saturated heterocycles. The highest BCUT2D eigenvalue weighted by Crippen LogP contribution is 2.26. The van der Waals surface area contributed by atoms with Crippen LogP contribution in [0.5, 0.6) is 5.75 Å². The number of carbonyl (C=O) groups is 1. The van der Waals surface area contributed by atoms with Crippen molar-refractivity contribution in [3.63, 3.8) is 0 Å². The molecule has 1 aromatic heterocycles. The fourth-order valence-electron chi connectivity index (χ4n) is 2.28. The van der Waals surface area contributed by atoms with Gasteiger partial charge in [0.25, 0.3) is 5.91 Å². The van der Waals surface area contributed by atoms with Gasteiger partial charge in [0.2, 0.25) is 0 Å². The Morgan fingerprint density at radius 1 is 1.19 bits per heavy atom. The lowest BCUT2D eigenvalue weighted by atomic mass is 10.2. The number of carbonyl (C=O) groups excluding carboxylic acids is 1. The summed E-state index contributed by atoms with van der Waals surface area (Å²) in [6.07, 6.45) is 1.62. The maximum Gasteiger partial charge on any atom is 0.275 e. The van der Waals surface area contributed by atoms with Crippen molar-refractivity contribution in [2.45, 2.75) is 13.5 Å². The van der Waals surface area contributed by atoms with Crippen LogP contribution in [0.4, 0.5) is 0 Å². The normalized spacial score (nSPS) is 10.8. The van der Waals surface area contributed by atoms with Crippen molar-refractivity contribution in [3.8, 4) is 5.75 Å². The summed E-state index contributed by atoms with van der Waals surface area (Å²) in [6.45, 7) is 2.42. The summed E-state index contributed by atoms with van der Waals surface area (Å²) in [4.78, 5) is 13.6. The van der Waals surface area contributed by atoms with Crippen molar-refractivity contribution in [2.75, 3.05) is 0 Å². The molecule has 0 radical (unpaired) electrons. The Morgan fingerprint density at radius 2 is 1.92 bits per heavy atom. The molecule has 0 fully saturated rings. The first-order chi connectivity index (χ1) is 12.6. The van der Waals surface area contributed by atoms with Gasteiger partial charge in [-0.05, 0) is 40.5 Å². The maximum atomic E-state index is 12.4. The van der Waals surface area contributed by atoms with Crippen molar-refractivity contribution in [1.29, 1.82) is 0 Å². The van der Waals surface area contributed by atoms with Gasteiger partial charge < -0.3 is 4.74 Å². The Bertz CT molecular complexity index is 923. The molecule has 1 heterocycles. The molecule has 26 heavy (non-hydrogen) atoms. The summed E-state index contributed by atoms with van der Waals surface area (Å²) in [5.41, 5.74) is 4.97. The van der Waals surface area contributed by atoms with Crippen LogP contribution >= 0.6 is 27.3 Å². The zero-order valence-electron chi connectivity index (χ0n) is 14.1. The number of amides is 1. The molecule has 0 unspecified atom stereocenters. The quantitative estimate of drug-likeness (QED) is 0.435. The molecule has 0 aliphatic rings.